The normalized spacial score (nSPS) is 12.1. The molecular weight excluding hydrogens is 236 g/mol. The van der Waals surface area contributed by atoms with Crippen LogP contribution in [0.4, 0.5) is 0 Å². The summed E-state index contributed by atoms with van der Waals surface area (Å²) in [4.78, 5) is 4.26. The molecule has 1 N–H and O–H groups in total. The van der Waals surface area contributed by atoms with Crippen molar-refractivity contribution in [1.29, 1.82) is 0 Å². The summed E-state index contributed by atoms with van der Waals surface area (Å²) in [5.41, 5.74) is 2.12. The molecule has 0 spiro atoms. The number of rotatable bonds is 6. The minimum atomic E-state index is 0.282. The maximum absolute atomic E-state index is 5.89. The Morgan fingerprint density at radius 1 is 1.16 bits per heavy atom. The highest BCUT2D eigenvalue weighted by Gasteiger charge is 2.10. The Kier molecular flexibility index (Phi) is 4.93. The van der Waals surface area contributed by atoms with Crippen LogP contribution in [0.2, 0.25) is 0 Å². The van der Waals surface area contributed by atoms with Crippen molar-refractivity contribution in [3.8, 4) is 5.75 Å². The van der Waals surface area contributed by atoms with Gasteiger partial charge in [-0.1, -0.05) is 31.2 Å². The molecule has 3 nitrogen and oxygen atoms in total. The van der Waals surface area contributed by atoms with E-state index in [4.69, 9.17) is 4.74 Å². The fourth-order valence-electron chi connectivity index (χ4n) is 2.02. The largest absolute Gasteiger partial charge is 0.487 e. The highest BCUT2D eigenvalue weighted by Crippen LogP contribution is 2.25. The average molecular weight is 256 g/mol. The molecule has 1 atom stereocenters. The second-order valence-corrected chi connectivity index (χ2v) is 4.43. The first-order valence-corrected chi connectivity index (χ1v) is 6.66. The molecule has 3 heteroatoms. The van der Waals surface area contributed by atoms with Crippen LogP contribution < -0.4 is 10.1 Å². The fraction of sp³-hybridized carbons (Fsp3) is 0.312. The van der Waals surface area contributed by atoms with Crippen LogP contribution in [0.15, 0.2) is 48.7 Å². The van der Waals surface area contributed by atoms with Crippen molar-refractivity contribution in [3.05, 3.63) is 59.9 Å². The Bertz CT molecular complexity index is 499. The highest BCUT2D eigenvalue weighted by atomic mass is 16.5. The number of ether oxygens (including phenoxy) is 1. The molecule has 0 amide bonds. The molecule has 1 aromatic carbocycles. The van der Waals surface area contributed by atoms with Crippen molar-refractivity contribution in [3.63, 3.8) is 0 Å². The van der Waals surface area contributed by atoms with E-state index in [1.807, 2.05) is 36.4 Å². The van der Waals surface area contributed by atoms with Gasteiger partial charge in [-0.05, 0) is 31.7 Å². The molecule has 0 bridgehead atoms. The van der Waals surface area contributed by atoms with Crippen molar-refractivity contribution < 1.29 is 4.74 Å². The van der Waals surface area contributed by atoms with E-state index in [9.17, 15) is 0 Å². The van der Waals surface area contributed by atoms with Crippen molar-refractivity contribution in [2.24, 2.45) is 0 Å². The van der Waals surface area contributed by atoms with Crippen LogP contribution in [0.3, 0.4) is 0 Å². The van der Waals surface area contributed by atoms with E-state index in [1.165, 1.54) is 5.56 Å². The third-order valence-electron chi connectivity index (χ3n) is 3.00. The van der Waals surface area contributed by atoms with Crippen LogP contribution in [0.25, 0.3) is 0 Å². The van der Waals surface area contributed by atoms with Crippen LogP contribution in [-0.2, 0) is 6.61 Å². The van der Waals surface area contributed by atoms with Gasteiger partial charge in [0.1, 0.15) is 12.4 Å². The molecule has 0 aliphatic carbocycles. The van der Waals surface area contributed by atoms with Crippen LogP contribution in [0.1, 0.15) is 31.1 Å². The quantitative estimate of drug-likeness (QED) is 0.860. The molecule has 2 rings (SSSR count). The molecule has 1 aromatic heterocycles. The summed E-state index contributed by atoms with van der Waals surface area (Å²) in [5, 5.41) is 3.40. The first-order chi connectivity index (χ1) is 9.31. The Morgan fingerprint density at radius 2 is 1.95 bits per heavy atom. The van der Waals surface area contributed by atoms with E-state index in [-0.39, 0.29) is 6.04 Å². The first kappa shape index (κ1) is 13.6. The predicted molar refractivity (Wildman–Crippen MR) is 77.1 cm³/mol. The maximum atomic E-state index is 5.89. The van der Waals surface area contributed by atoms with Crippen LogP contribution in [0, 0.1) is 0 Å². The van der Waals surface area contributed by atoms with Crippen molar-refractivity contribution in [1.82, 2.24) is 10.3 Å². The minimum Gasteiger partial charge on any atom is -0.487 e. The van der Waals surface area contributed by atoms with E-state index < -0.39 is 0 Å². The minimum absolute atomic E-state index is 0.282. The first-order valence-electron chi connectivity index (χ1n) is 6.66. The standard InChI is InChI=1S/C16H20N2O/c1-3-17-13(2)15-9-4-5-10-16(15)19-12-14-8-6-7-11-18-14/h4-11,13,17H,3,12H2,1-2H3. The van der Waals surface area contributed by atoms with Gasteiger partial charge in [0.15, 0.2) is 0 Å². The number of hydrogen-bond acceptors (Lipinski definition) is 3. The lowest BCUT2D eigenvalue weighted by Crippen LogP contribution is -2.18. The van der Waals surface area contributed by atoms with Gasteiger partial charge in [0.2, 0.25) is 0 Å². The van der Waals surface area contributed by atoms with Gasteiger partial charge in [-0.2, -0.15) is 0 Å². The average Bonchev–Trinajstić information content (AvgIpc) is 2.47. The molecule has 1 unspecified atom stereocenters. The summed E-state index contributed by atoms with van der Waals surface area (Å²) in [6, 6.07) is 14.3. The Hall–Kier alpha value is -1.87. The molecule has 0 aliphatic heterocycles. The van der Waals surface area contributed by atoms with Gasteiger partial charge in [0.25, 0.3) is 0 Å². The molecule has 0 saturated heterocycles. The predicted octanol–water partition coefficient (Wildman–Crippen LogP) is 3.33. The smallest absolute Gasteiger partial charge is 0.130 e. The Labute approximate surface area is 114 Å². The van der Waals surface area contributed by atoms with E-state index in [1.54, 1.807) is 6.20 Å². The van der Waals surface area contributed by atoms with Crippen molar-refractivity contribution in [2.45, 2.75) is 26.5 Å². The van der Waals surface area contributed by atoms with Crippen LogP contribution in [0.5, 0.6) is 5.75 Å². The highest BCUT2D eigenvalue weighted by molar-refractivity contribution is 5.35. The third kappa shape index (κ3) is 3.80. The number of hydrogen-bond donors (Lipinski definition) is 1. The van der Waals surface area contributed by atoms with Gasteiger partial charge < -0.3 is 10.1 Å². The van der Waals surface area contributed by atoms with Crippen molar-refractivity contribution >= 4 is 0 Å². The van der Waals surface area contributed by atoms with Gasteiger partial charge >= 0.3 is 0 Å². The van der Waals surface area contributed by atoms with Gasteiger partial charge in [-0.15, -0.1) is 0 Å². The van der Waals surface area contributed by atoms with Crippen LogP contribution >= 0.6 is 0 Å². The van der Waals surface area contributed by atoms with Gasteiger partial charge in [-0.25, -0.2) is 0 Å². The molecule has 0 radical (unpaired) electrons. The molecule has 19 heavy (non-hydrogen) atoms. The lowest BCUT2D eigenvalue weighted by Gasteiger charge is -2.17. The number of benzene rings is 1. The molecule has 1 heterocycles. The zero-order valence-electron chi connectivity index (χ0n) is 11.5. The summed E-state index contributed by atoms with van der Waals surface area (Å²) in [5.74, 6) is 0.918. The van der Waals surface area contributed by atoms with Crippen molar-refractivity contribution in [2.75, 3.05) is 6.54 Å². The maximum Gasteiger partial charge on any atom is 0.130 e. The summed E-state index contributed by atoms with van der Waals surface area (Å²) in [6.45, 7) is 5.69. The monoisotopic (exact) mass is 256 g/mol. The summed E-state index contributed by atoms with van der Waals surface area (Å²) in [7, 11) is 0. The molecule has 0 fully saturated rings. The van der Waals surface area contributed by atoms with Gasteiger partial charge in [0, 0.05) is 17.8 Å². The van der Waals surface area contributed by atoms with Gasteiger partial charge in [-0.3, -0.25) is 4.98 Å². The van der Waals surface area contributed by atoms with E-state index >= 15 is 0 Å². The number of aromatic nitrogens is 1. The number of nitrogens with one attached hydrogen (secondary N) is 1. The number of pyridine rings is 1. The number of para-hydroxylation sites is 1. The topological polar surface area (TPSA) is 34.1 Å². The summed E-state index contributed by atoms with van der Waals surface area (Å²) < 4.78 is 5.89. The molecule has 100 valence electrons. The molecule has 2 aromatic rings. The Morgan fingerprint density at radius 3 is 2.68 bits per heavy atom. The molecule has 0 aliphatic rings. The summed E-state index contributed by atoms with van der Waals surface area (Å²) >= 11 is 0. The SMILES string of the molecule is CCNC(C)c1ccccc1OCc1ccccn1. The van der Waals surface area contributed by atoms with Gasteiger partial charge in [0.05, 0.1) is 5.69 Å². The second kappa shape index (κ2) is 6.90. The van der Waals surface area contributed by atoms with E-state index in [0.29, 0.717) is 6.61 Å². The molecule has 0 saturated carbocycles. The third-order valence-corrected chi connectivity index (χ3v) is 3.00. The van der Waals surface area contributed by atoms with E-state index in [0.717, 1.165) is 18.0 Å². The van der Waals surface area contributed by atoms with Crippen LogP contribution in [-0.4, -0.2) is 11.5 Å². The molecular formula is C16H20N2O. The summed E-state index contributed by atoms with van der Waals surface area (Å²) in [6.07, 6.45) is 1.78. The van der Waals surface area contributed by atoms with E-state index in [2.05, 4.69) is 30.2 Å². The lowest BCUT2D eigenvalue weighted by atomic mass is 10.1. The zero-order valence-corrected chi connectivity index (χ0v) is 11.5. The Balaban J connectivity index is 2.07. The number of nitrogens with zero attached hydrogens (tertiary/aromatic N) is 1. The fourth-order valence-corrected chi connectivity index (χ4v) is 2.02. The lowest BCUT2D eigenvalue weighted by molar-refractivity contribution is 0.295. The zero-order chi connectivity index (χ0) is 13.5. The second-order valence-electron chi connectivity index (χ2n) is 4.43.